The third-order valence-electron chi connectivity index (χ3n) is 2.82. The highest BCUT2D eigenvalue weighted by Gasteiger charge is 2.28. The molecule has 0 amide bonds. The van der Waals surface area contributed by atoms with Crippen LogP contribution in [0.1, 0.15) is 22.5 Å². The van der Waals surface area contributed by atoms with Gasteiger partial charge in [-0.15, -0.1) is 11.3 Å². The van der Waals surface area contributed by atoms with Crippen LogP contribution in [0.25, 0.3) is 0 Å². The van der Waals surface area contributed by atoms with E-state index in [0.29, 0.717) is 24.3 Å². The van der Waals surface area contributed by atoms with E-state index < -0.39 is 26.8 Å². The maximum absolute atomic E-state index is 12.1. The summed E-state index contributed by atoms with van der Waals surface area (Å²) in [7, 11) is -4.69. The highest BCUT2D eigenvalue weighted by atomic mass is 32.2. The van der Waals surface area contributed by atoms with E-state index in [4.69, 9.17) is 5.11 Å². The lowest BCUT2D eigenvalue weighted by atomic mass is 10.2. The Morgan fingerprint density at radius 2 is 2.05 bits per heavy atom. The van der Waals surface area contributed by atoms with E-state index in [2.05, 4.69) is 4.72 Å². The molecule has 1 saturated heterocycles. The normalized spacial score (nSPS) is 24.2. The Morgan fingerprint density at radius 3 is 2.63 bits per heavy atom. The summed E-state index contributed by atoms with van der Waals surface area (Å²) in [5, 5.41) is 10.4. The zero-order valence-corrected chi connectivity index (χ0v) is 12.3. The minimum absolute atomic E-state index is 0.188. The van der Waals surface area contributed by atoms with E-state index in [1.165, 1.54) is 11.4 Å². The predicted octanol–water partition coefficient (Wildman–Crippen LogP) is 0.636. The van der Waals surface area contributed by atoms with Crippen LogP contribution in [-0.4, -0.2) is 41.3 Å². The molecule has 1 fully saturated rings. The molecule has 0 unspecified atom stereocenters. The van der Waals surface area contributed by atoms with Gasteiger partial charge in [0.2, 0.25) is 10.0 Å². The predicted molar refractivity (Wildman–Crippen MR) is 72.5 cm³/mol. The van der Waals surface area contributed by atoms with Crippen molar-refractivity contribution in [2.24, 2.45) is 0 Å². The van der Waals surface area contributed by atoms with Gasteiger partial charge in [0.25, 0.3) is 0 Å². The van der Waals surface area contributed by atoms with Crippen LogP contribution in [0.3, 0.4) is 0 Å². The number of aromatic carboxylic acids is 1. The highest BCUT2D eigenvalue weighted by Crippen LogP contribution is 2.23. The third kappa shape index (κ3) is 3.41. The lowest BCUT2D eigenvalue weighted by Crippen LogP contribution is -2.39. The van der Waals surface area contributed by atoms with Gasteiger partial charge in [0.15, 0.2) is 0 Å². The molecule has 19 heavy (non-hydrogen) atoms. The van der Waals surface area contributed by atoms with Crippen LogP contribution >= 0.6 is 11.3 Å². The number of sulfonamides is 1. The van der Waals surface area contributed by atoms with Gasteiger partial charge in [-0.25, -0.2) is 17.9 Å². The molecule has 0 atom stereocenters. The van der Waals surface area contributed by atoms with E-state index in [1.807, 2.05) is 0 Å². The molecule has 9 heteroatoms. The molecule has 1 aromatic heterocycles. The second kappa shape index (κ2) is 5.70. The van der Waals surface area contributed by atoms with Gasteiger partial charge in [-0.2, -0.15) is 0 Å². The molecule has 0 saturated carbocycles. The summed E-state index contributed by atoms with van der Waals surface area (Å²) in [5.74, 6) is -0.300. The number of carboxylic acids is 1. The van der Waals surface area contributed by atoms with Crippen molar-refractivity contribution in [2.75, 3.05) is 11.5 Å². The fraction of sp³-hybridized carbons (Fsp3) is 0.500. The van der Waals surface area contributed by atoms with E-state index in [9.17, 15) is 17.4 Å². The van der Waals surface area contributed by atoms with Crippen molar-refractivity contribution in [3.63, 3.8) is 0 Å². The minimum atomic E-state index is -3.83. The van der Waals surface area contributed by atoms with Gasteiger partial charge in [-0.05, 0) is 24.3 Å². The second-order valence-electron chi connectivity index (χ2n) is 4.16. The first kappa shape index (κ1) is 14.6. The number of hydrogen-bond acceptors (Lipinski definition) is 5. The van der Waals surface area contributed by atoms with Crippen molar-refractivity contribution < 1.29 is 22.5 Å². The molecule has 1 aliphatic rings. The average molecular weight is 323 g/mol. The van der Waals surface area contributed by atoms with Gasteiger partial charge in [0.05, 0.1) is 0 Å². The molecular weight excluding hydrogens is 310 g/mol. The van der Waals surface area contributed by atoms with Gasteiger partial charge in [-0.3, -0.25) is 4.21 Å². The molecular formula is C10H13NO5S3. The molecule has 2 N–H and O–H groups in total. The summed E-state index contributed by atoms with van der Waals surface area (Å²) in [6.45, 7) is 0. The van der Waals surface area contributed by atoms with E-state index in [-0.39, 0.29) is 15.8 Å². The second-order valence-corrected chi connectivity index (χ2v) is 8.46. The summed E-state index contributed by atoms with van der Waals surface area (Å²) in [6, 6.07) is 1.02. The topological polar surface area (TPSA) is 101 Å². The minimum Gasteiger partial charge on any atom is -0.477 e. The molecule has 2 rings (SSSR count). The third-order valence-corrected chi connectivity index (χ3v) is 6.80. The Kier molecular flexibility index (Phi) is 4.39. The van der Waals surface area contributed by atoms with Crippen molar-refractivity contribution in [3.8, 4) is 0 Å². The number of carbonyl (C=O) groups is 1. The van der Waals surface area contributed by atoms with Crippen molar-refractivity contribution in [2.45, 2.75) is 23.8 Å². The molecule has 1 aliphatic heterocycles. The summed E-state index contributed by atoms with van der Waals surface area (Å²) >= 11 is 0.880. The summed E-state index contributed by atoms with van der Waals surface area (Å²) < 4.78 is 37.9. The van der Waals surface area contributed by atoms with E-state index in [0.717, 1.165) is 11.3 Å². The molecule has 106 valence electrons. The van der Waals surface area contributed by atoms with Crippen LogP contribution in [0.2, 0.25) is 0 Å². The molecule has 6 nitrogen and oxygen atoms in total. The van der Waals surface area contributed by atoms with Gasteiger partial charge < -0.3 is 5.11 Å². The SMILES string of the molecule is O=C(O)c1sccc1S(=O)(=O)NC1CCS(=O)CC1. The van der Waals surface area contributed by atoms with E-state index >= 15 is 0 Å². The summed E-state index contributed by atoms with van der Waals surface area (Å²) in [6.07, 6.45) is 1.02. The van der Waals surface area contributed by atoms with Crippen LogP contribution in [-0.2, 0) is 20.8 Å². The first-order valence-electron chi connectivity index (χ1n) is 5.58. The number of hydrogen-bond donors (Lipinski definition) is 2. The lowest BCUT2D eigenvalue weighted by Gasteiger charge is -2.22. The zero-order chi connectivity index (χ0) is 14.0. The monoisotopic (exact) mass is 323 g/mol. The molecule has 0 spiro atoms. The van der Waals surface area contributed by atoms with Crippen LogP contribution in [0, 0.1) is 0 Å². The molecule has 0 radical (unpaired) electrons. The van der Waals surface area contributed by atoms with Gasteiger partial charge in [0, 0.05) is 28.3 Å². The van der Waals surface area contributed by atoms with Crippen LogP contribution < -0.4 is 4.72 Å². The Bertz CT molecular complexity index is 596. The van der Waals surface area contributed by atoms with Crippen LogP contribution in [0.5, 0.6) is 0 Å². The quantitative estimate of drug-likeness (QED) is 0.846. The van der Waals surface area contributed by atoms with Crippen LogP contribution in [0.4, 0.5) is 0 Å². The number of carboxylic acid groups (broad SMARTS) is 1. The lowest BCUT2D eigenvalue weighted by molar-refractivity contribution is 0.0698. The Morgan fingerprint density at radius 1 is 1.42 bits per heavy atom. The zero-order valence-electron chi connectivity index (χ0n) is 9.87. The average Bonchev–Trinajstić information content (AvgIpc) is 2.82. The maximum Gasteiger partial charge on any atom is 0.347 e. The van der Waals surface area contributed by atoms with Crippen LogP contribution in [0.15, 0.2) is 16.3 Å². The van der Waals surface area contributed by atoms with Crippen molar-refractivity contribution >= 4 is 38.1 Å². The summed E-state index contributed by atoms with van der Waals surface area (Å²) in [4.78, 5) is 10.6. The largest absolute Gasteiger partial charge is 0.477 e. The first-order chi connectivity index (χ1) is 8.90. The number of rotatable bonds is 4. The first-order valence-corrected chi connectivity index (χ1v) is 9.43. The fourth-order valence-electron chi connectivity index (χ4n) is 1.86. The van der Waals surface area contributed by atoms with Crippen molar-refractivity contribution in [1.82, 2.24) is 4.72 Å². The standard InChI is InChI=1S/C10H13NO5S3/c12-10(13)9-8(1-4-17-9)19(15,16)11-7-2-5-18(14)6-3-7/h1,4,7,11H,2-3,5-6H2,(H,12,13). The smallest absolute Gasteiger partial charge is 0.347 e. The molecule has 1 aromatic rings. The number of nitrogens with one attached hydrogen (secondary N) is 1. The molecule has 0 bridgehead atoms. The van der Waals surface area contributed by atoms with Crippen molar-refractivity contribution in [3.05, 3.63) is 16.3 Å². The number of thiophene rings is 1. The molecule has 2 heterocycles. The van der Waals surface area contributed by atoms with Gasteiger partial charge in [0.1, 0.15) is 9.77 Å². The Hall–Kier alpha value is -0.770. The highest BCUT2D eigenvalue weighted by molar-refractivity contribution is 7.89. The van der Waals surface area contributed by atoms with Gasteiger partial charge in [-0.1, -0.05) is 0 Å². The Balaban J connectivity index is 2.16. The fourth-order valence-corrected chi connectivity index (χ4v) is 5.72. The van der Waals surface area contributed by atoms with Gasteiger partial charge >= 0.3 is 5.97 Å². The molecule has 0 aliphatic carbocycles. The van der Waals surface area contributed by atoms with Crippen molar-refractivity contribution in [1.29, 1.82) is 0 Å². The maximum atomic E-state index is 12.1. The molecule has 0 aromatic carbocycles. The van der Waals surface area contributed by atoms with E-state index in [1.54, 1.807) is 0 Å². The summed E-state index contributed by atoms with van der Waals surface area (Å²) in [5.41, 5.74) is 0. The Labute approximate surface area is 117 Å².